The van der Waals surface area contributed by atoms with Gasteiger partial charge in [0.15, 0.2) is 0 Å². The molecule has 1 aliphatic rings. The minimum Gasteiger partial charge on any atom is -0.356 e. The Morgan fingerprint density at radius 3 is 2.50 bits per heavy atom. The van der Waals surface area contributed by atoms with Crippen LogP contribution < -0.4 is 11.1 Å². The fourth-order valence-electron chi connectivity index (χ4n) is 2.65. The van der Waals surface area contributed by atoms with Crippen LogP contribution in [0.3, 0.4) is 0 Å². The van der Waals surface area contributed by atoms with Crippen LogP contribution in [0.4, 0.5) is 0 Å². The highest BCUT2D eigenvalue weighted by atomic mass is 35.5. The predicted octanol–water partition coefficient (Wildman–Crippen LogP) is 1.93. The van der Waals surface area contributed by atoms with E-state index >= 15 is 0 Å². The lowest BCUT2D eigenvalue weighted by Gasteiger charge is -2.39. The van der Waals surface area contributed by atoms with Crippen molar-refractivity contribution in [2.45, 2.75) is 65.5 Å². The number of piperidine rings is 1. The lowest BCUT2D eigenvalue weighted by atomic mass is 9.90. The lowest BCUT2D eigenvalue weighted by molar-refractivity contribution is -0.142. The van der Waals surface area contributed by atoms with Crippen LogP contribution >= 0.6 is 12.4 Å². The number of amides is 2. The largest absolute Gasteiger partial charge is 0.356 e. The van der Waals surface area contributed by atoms with Crippen LogP contribution in [-0.2, 0) is 9.59 Å². The zero-order valence-electron chi connectivity index (χ0n) is 14.3. The van der Waals surface area contributed by atoms with Gasteiger partial charge in [0.2, 0.25) is 11.8 Å². The van der Waals surface area contributed by atoms with E-state index in [1.54, 1.807) is 0 Å². The molecule has 1 heterocycles. The van der Waals surface area contributed by atoms with E-state index in [-0.39, 0.29) is 48.1 Å². The Bertz CT molecular complexity index is 363. The molecule has 5 nitrogen and oxygen atoms in total. The summed E-state index contributed by atoms with van der Waals surface area (Å²) >= 11 is 0. The second-order valence-electron chi connectivity index (χ2n) is 6.41. The van der Waals surface area contributed by atoms with Crippen LogP contribution in [0.25, 0.3) is 0 Å². The molecule has 6 heteroatoms. The van der Waals surface area contributed by atoms with Crippen molar-refractivity contribution < 1.29 is 9.59 Å². The van der Waals surface area contributed by atoms with E-state index in [2.05, 4.69) is 19.2 Å². The number of nitrogens with one attached hydrogen (secondary N) is 1. The van der Waals surface area contributed by atoms with Crippen molar-refractivity contribution >= 4 is 24.2 Å². The SMILES string of the molecule is CCCCNC(=O)C1CCC(C)N(C(=O)C(C)C(C)N)C1.Cl. The molecule has 1 fully saturated rings. The average Bonchev–Trinajstić information content (AvgIpc) is 2.46. The lowest BCUT2D eigenvalue weighted by Crippen LogP contribution is -2.52. The summed E-state index contributed by atoms with van der Waals surface area (Å²) in [6.45, 7) is 9.12. The molecule has 0 spiro atoms. The molecule has 0 saturated carbocycles. The first-order valence-corrected chi connectivity index (χ1v) is 8.22. The first kappa shape index (κ1) is 21.2. The molecular formula is C16H32ClN3O2. The van der Waals surface area contributed by atoms with Crippen LogP contribution in [0.5, 0.6) is 0 Å². The number of carbonyl (C=O) groups excluding carboxylic acids is 2. The Morgan fingerprint density at radius 2 is 1.95 bits per heavy atom. The van der Waals surface area contributed by atoms with E-state index in [0.717, 1.165) is 32.2 Å². The second kappa shape index (κ2) is 10.1. The molecule has 0 aromatic carbocycles. The molecule has 4 atom stereocenters. The molecule has 1 saturated heterocycles. The van der Waals surface area contributed by atoms with Crippen LogP contribution in [0.15, 0.2) is 0 Å². The summed E-state index contributed by atoms with van der Waals surface area (Å²) < 4.78 is 0. The maximum atomic E-state index is 12.5. The third-order valence-electron chi connectivity index (χ3n) is 4.54. The van der Waals surface area contributed by atoms with Crippen LogP contribution in [-0.4, -0.2) is 41.9 Å². The Hall–Kier alpha value is -0.810. The normalized spacial score (nSPS) is 24.1. The van der Waals surface area contributed by atoms with Gasteiger partial charge in [-0.05, 0) is 33.1 Å². The summed E-state index contributed by atoms with van der Waals surface area (Å²) in [5.41, 5.74) is 5.84. The minimum atomic E-state index is -0.200. The molecule has 0 radical (unpaired) electrons. The van der Waals surface area contributed by atoms with Crippen molar-refractivity contribution in [1.29, 1.82) is 0 Å². The third-order valence-corrected chi connectivity index (χ3v) is 4.54. The Kier molecular flexibility index (Phi) is 9.69. The van der Waals surface area contributed by atoms with Crippen LogP contribution in [0.2, 0.25) is 0 Å². The van der Waals surface area contributed by atoms with E-state index in [1.165, 1.54) is 0 Å². The molecule has 0 bridgehead atoms. The van der Waals surface area contributed by atoms with Gasteiger partial charge in [0.25, 0.3) is 0 Å². The number of nitrogens with two attached hydrogens (primary N) is 1. The van der Waals surface area contributed by atoms with E-state index < -0.39 is 0 Å². The van der Waals surface area contributed by atoms with E-state index in [0.29, 0.717) is 6.54 Å². The average molecular weight is 334 g/mol. The van der Waals surface area contributed by atoms with Crippen molar-refractivity contribution in [1.82, 2.24) is 10.2 Å². The summed E-state index contributed by atoms with van der Waals surface area (Å²) in [7, 11) is 0. The first-order valence-electron chi connectivity index (χ1n) is 8.22. The van der Waals surface area contributed by atoms with Gasteiger partial charge < -0.3 is 16.0 Å². The maximum Gasteiger partial charge on any atom is 0.227 e. The number of rotatable bonds is 6. The number of unbranched alkanes of at least 4 members (excludes halogenated alkanes) is 1. The third kappa shape index (κ3) is 5.76. The van der Waals surface area contributed by atoms with Crippen molar-refractivity contribution in [3.8, 4) is 0 Å². The zero-order chi connectivity index (χ0) is 16.0. The van der Waals surface area contributed by atoms with Crippen molar-refractivity contribution in [2.24, 2.45) is 17.6 Å². The first-order chi connectivity index (χ1) is 9.88. The number of carbonyl (C=O) groups is 2. The highest BCUT2D eigenvalue weighted by molar-refractivity contribution is 5.85. The fourth-order valence-corrected chi connectivity index (χ4v) is 2.65. The number of nitrogens with zero attached hydrogens (tertiary/aromatic N) is 1. The smallest absolute Gasteiger partial charge is 0.227 e. The Balaban J connectivity index is 0.00000441. The van der Waals surface area contributed by atoms with Gasteiger partial charge in [-0.2, -0.15) is 0 Å². The van der Waals surface area contributed by atoms with Crippen LogP contribution in [0.1, 0.15) is 53.4 Å². The van der Waals surface area contributed by atoms with Gasteiger partial charge >= 0.3 is 0 Å². The van der Waals surface area contributed by atoms with E-state index in [9.17, 15) is 9.59 Å². The molecule has 3 N–H and O–H groups in total. The van der Waals surface area contributed by atoms with Crippen molar-refractivity contribution in [2.75, 3.05) is 13.1 Å². The van der Waals surface area contributed by atoms with Gasteiger partial charge in [-0.3, -0.25) is 9.59 Å². The van der Waals surface area contributed by atoms with Crippen molar-refractivity contribution in [3.63, 3.8) is 0 Å². The van der Waals surface area contributed by atoms with Gasteiger partial charge in [0.1, 0.15) is 0 Å². The summed E-state index contributed by atoms with van der Waals surface area (Å²) in [6, 6.07) is 0.0295. The molecule has 22 heavy (non-hydrogen) atoms. The summed E-state index contributed by atoms with van der Waals surface area (Å²) in [5, 5.41) is 2.98. The number of hydrogen-bond donors (Lipinski definition) is 2. The fraction of sp³-hybridized carbons (Fsp3) is 0.875. The summed E-state index contributed by atoms with van der Waals surface area (Å²) in [6.07, 6.45) is 3.80. The Labute approximate surface area is 140 Å². The monoisotopic (exact) mass is 333 g/mol. The highest BCUT2D eigenvalue weighted by Crippen LogP contribution is 2.24. The standard InChI is InChI=1S/C16H31N3O2.ClH/c1-5-6-9-18-15(20)14-8-7-11(2)19(10-14)16(21)12(3)13(4)17;/h11-14H,5-10,17H2,1-4H3,(H,18,20);1H. The highest BCUT2D eigenvalue weighted by Gasteiger charge is 2.34. The molecule has 0 aliphatic carbocycles. The van der Waals surface area contributed by atoms with Gasteiger partial charge in [-0.25, -0.2) is 0 Å². The molecule has 130 valence electrons. The molecule has 1 rings (SSSR count). The maximum absolute atomic E-state index is 12.5. The Morgan fingerprint density at radius 1 is 1.32 bits per heavy atom. The number of hydrogen-bond acceptors (Lipinski definition) is 3. The quantitative estimate of drug-likeness (QED) is 0.729. The van der Waals surface area contributed by atoms with Crippen LogP contribution in [0, 0.1) is 11.8 Å². The van der Waals surface area contributed by atoms with Gasteiger partial charge in [0.05, 0.1) is 11.8 Å². The van der Waals surface area contributed by atoms with E-state index in [4.69, 9.17) is 5.73 Å². The molecule has 4 unspecified atom stereocenters. The van der Waals surface area contributed by atoms with Gasteiger partial charge in [-0.1, -0.05) is 20.3 Å². The number of likely N-dealkylation sites (tertiary alicyclic amines) is 1. The topological polar surface area (TPSA) is 75.4 Å². The minimum absolute atomic E-state index is 0. The predicted molar refractivity (Wildman–Crippen MR) is 91.9 cm³/mol. The molecular weight excluding hydrogens is 302 g/mol. The van der Waals surface area contributed by atoms with Gasteiger partial charge in [0, 0.05) is 25.2 Å². The van der Waals surface area contributed by atoms with Crippen molar-refractivity contribution in [3.05, 3.63) is 0 Å². The molecule has 1 aliphatic heterocycles. The summed E-state index contributed by atoms with van der Waals surface area (Å²) in [4.78, 5) is 26.5. The number of halogens is 1. The van der Waals surface area contributed by atoms with E-state index in [1.807, 2.05) is 18.7 Å². The molecule has 0 aromatic rings. The summed E-state index contributed by atoms with van der Waals surface area (Å²) in [5.74, 6) is -0.123. The second-order valence-corrected chi connectivity index (χ2v) is 6.41. The molecule has 2 amide bonds. The zero-order valence-corrected chi connectivity index (χ0v) is 15.1. The van der Waals surface area contributed by atoms with Gasteiger partial charge in [-0.15, -0.1) is 12.4 Å². The molecule has 0 aromatic heterocycles.